The van der Waals surface area contributed by atoms with Gasteiger partial charge in [0.15, 0.2) is 0 Å². The average molecular weight is 451 g/mol. The van der Waals surface area contributed by atoms with E-state index < -0.39 is 0 Å². The van der Waals surface area contributed by atoms with Crippen molar-refractivity contribution in [3.8, 4) is 5.75 Å². The number of nitrogens with zero attached hydrogens (tertiary/aromatic N) is 1. The Morgan fingerprint density at radius 2 is 1.72 bits per heavy atom. The molecule has 0 atom stereocenters. The first-order chi connectivity index (χ1) is 12.0. The fourth-order valence-electron chi connectivity index (χ4n) is 1.96. The Bertz CT molecular complexity index is 771. The first-order valence-electron chi connectivity index (χ1n) is 7.51. The molecule has 0 unspecified atom stereocenters. The zero-order valence-electron chi connectivity index (χ0n) is 13.9. The molecule has 2 N–H and O–H groups in total. The summed E-state index contributed by atoms with van der Waals surface area (Å²) in [4.78, 5) is 24.0. The summed E-state index contributed by atoms with van der Waals surface area (Å²) in [6.07, 6.45) is 0.0823. The number of amides is 2. The summed E-state index contributed by atoms with van der Waals surface area (Å²) >= 11 is 2.17. The highest BCUT2D eigenvalue weighted by molar-refractivity contribution is 14.1. The van der Waals surface area contributed by atoms with Crippen LogP contribution >= 0.6 is 22.6 Å². The van der Waals surface area contributed by atoms with Gasteiger partial charge >= 0.3 is 0 Å². The van der Waals surface area contributed by atoms with Crippen LogP contribution in [0.3, 0.4) is 0 Å². The Labute approximate surface area is 159 Å². The van der Waals surface area contributed by atoms with Crippen molar-refractivity contribution in [2.24, 2.45) is 5.10 Å². The second kappa shape index (κ2) is 9.16. The van der Waals surface area contributed by atoms with Crippen molar-refractivity contribution >= 4 is 45.8 Å². The lowest BCUT2D eigenvalue weighted by atomic mass is 10.2. The molecule has 0 aliphatic carbocycles. The number of benzene rings is 2. The minimum atomic E-state index is -0.314. The standard InChI is InChI=1S/C18H18IN3O3/c1-12(21-22-18(24)13-3-5-14(19)6-4-13)11-17(23)20-15-7-9-16(25-2)10-8-15/h3-10H,11H2,1-2H3,(H,20,23)(H,22,24)/b21-12-. The quantitative estimate of drug-likeness (QED) is 0.401. The van der Waals surface area contributed by atoms with Crippen molar-refractivity contribution in [2.75, 3.05) is 12.4 Å². The molecule has 0 aliphatic rings. The van der Waals surface area contributed by atoms with Crippen molar-refractivity contribution < 1.29 is 14.3 Å². The molecule has 0 bridgehead atoms. The maximum absolute atomic E-state index is 12.0. The molecular formula is C18H18IN3O3. The van der Waals surface area contributed by atoms with E-state index in [1.165, 1.54) is 0 Å². The minimum absolute atomic E-state index is 0.0823. The van der Waals surface area contributed by atoms with Gasteiger partial charge in [-0.2, -0.15) is 5.10 Å². The van der Waals surface area contributed by atoms with Gasteiger partial charge in [0.1, 0.15) is 5.75 Å². The van der Waals surface area contributed by atoms with E-state index in [9.17, 15) is 9.59 Å². The number of hydrogen-bond acceptors (Lipinski definition) is 4. The zero-order chi connectivity index (χ0) is 18.2. The molecule has 0 heterocycles. The molecule has 2 aromatic rings. The summed E-state index contributed by atoms with van der Waals surface area (Å²) in [6.45, 7) is 1.68. The largest absolute Gasteiger partial charge is 0.497 e. The summed E-state index contributed by atoms with van der Waals surface area (Å²) in [6, 6.07) is 14.2. The summed E-state index contributed by atoms with van der Waals surface area (Å²) < 4.78 is 6.11. The smallest absolute Gasteiger partial charge is 0.271 e. The Morgan fingerprint density at radius 1 is 1.08 bits per heavy atom. The molecular weight excluding hydrogens is 433 g/mol. The summed E-state index contributed by atoms with van der Waals surface area (Å²) in [5.41, 5.74) is 4.14. The minimum Gasteiger partial charge on any atom is -0.497 e. The summed E-state index contributed by atoms with van der Waals surface area (Å²) in [7, 11) is 1.58. The van der Waals surface area contributed by atoms with Gasteiger partial charge in [-0.1, -0.05) is 0 Å². The van der Waals surface area contributed by atoms with Gasteiger partial charge in [0.2, 0.25) is 5.91 Å². The van der Waals surface area contributed by atoms with Crippen LogP contribution in [0.5, 0.6) is 5.75 Å². The van der Waals surface area contributed by atoms with E-state index in [2.05, 4.69) is 38.4 Å². The molecule has 0 saturated heterocycles. The molecule has 0 fully saturated rings. The number of anilines is 1. The number of hydrazone groups is 1. The van der Waals surface area contributed by atoms with Gasteiger partial charge in [-0.25, -0.2) is 5.43 Å². The number of halogens is 1. The van der Waals surface area contributed by atoms with Gasteiger partial charge in [0, 0.05) is 20.5 Å². The normalized spacial score (nSPS) is 10.9. The molecule has 130 valence electrons. The van der Waals surface area contributed by atoms with Crippen LogP contribution in [-0.4, -0.2) is 24.6 Å². The van der Waals surface area contributed by atoms with Crippen LogP contribution in [0.25, 0.3) is 0 Å². The number of rotatable bonds is 6. The van der Waals surface area contributed by atoms with E-state index >= 15 is 0 Å². The lowest BCUT2D eigenvalue weighted by Gasteiger charge is -2.06. The van der Waals surface area contributed by atoms with Gasteiger partial charge in [-0.05, 0) is 78.0 Å². The first-order valence-corrected chi connectivity index (χ1v) is 8.59. The maximum atomic E-state index is 12.0. The third kappa shape index (κ3) is 6.18. The number of hydrogen-bond donors (Lipinski definition) is 2. The molecule has 0 saturated carbocycles. The molecule has 25 heavy (non-hydrogen) atoms. The molecule has 0 aromatic heterocycles. The van der Waals surface area contributed by atoms with Crippen molar-refractivity contribution in [3.05, 3.63) is 57.7 Å². The molecule has 0 radical (unpaired) electrons. The summed E-state index contributed by atoms with van der Waals surface area (Å²) in [5, 5.41) is 6.73. The van der Waals surface area contributed by atoms with Crippen LogP contribution in [0.1, 0.15) is 23.7 Å². The van der Waals surface area contributed by atoms with Crippen LogP contribution < -0.4 is 15.5 Å². The molecule has 2 aromatic carbocycles. The zero-order valence-corrected chi connectivity index (χ0v) is 16.0. The highest BCUT2D eigenvalue weighted by Crippen LogP contribution is 2.15. The lowest BCUT2D eigenvalue weighted by Crippen LogP contribution is -2.21. The van der Waals surface area contributed by atoms with E-state index in [0.29, 0.717) is 22.7 Å². The molecule has 7 heteroatoms. The van der Waals surface area contributed by atoms with E-state index in [-0.39, 0.29) is 18.2 Å². The van der Waals surface area contributed by atoms with E-state index in [0.717, 1.165) is 3.57 Å². The SMILES string of the molecule is COc1ccc(NC(=O)C/C(C)=N\NC(=O)c2ccc(I)cc2)cc1. The molecule has 2 rings (SSSR count). The van der Waals surface area contributed by atoms with E-state index in [1.807, 2.05) is 12.1 Å². The number of ether oxygens (including phenoxy) is 1. The monoisotopic (exact) mass is 451 g/mol. The Hall–Kier alpha value is -2.42. The molecule has 0 aliphatic heterocycles. The van der Waals surface area contributed by atoms with Crippen LogP contribution in [0.15, 0.2) is 53.6 Å². The Morgan fingerprint density at radius 3 is 2.32 bits per heavy atom. The van der Waals surface area contributed by atoms with Crippen molar-refractivity contribution in [3.63, 3.8) is 0 Å². The van der Waals surface area contributed by atoms with Crippen molar-refractivity contribution in [2.45, 2.75) is 13.3 Å². The highest BCUT2D eigenvalue weighted by Gasteiger charge is 2.07. The first kappa shape index (κ1) is 18.9. The average Bonchev–Trinajstić information content (AvgIpc) is 2.61. The van der Waals surface area contributed by atoms with Gasteiger partial charge in [0.05, 0.1) is 13.5 Å². The van der Waals surface area contributed by atoms with Crippen LogP contribution in [0, 0.1) is 3.57 Å². The van der Waals surface area contributed by atoms with Crippen LogP contribution in [-0.2, 0) is 4.79 Å². The van der Waals surface area contributed by atoms with Crippen molar-refractivity contribution in [1.29, 1.82) is 0 Å². The fraction of sp³-hybridized carbons (Fsp3) is 0.167. The third-order valence-corrected chi connectivity index (χ3v) is 3.96. The third-order valence-electron chi connectivity index (χ3n) is 3.24. The maximum Gasteiger partial charge on any atom is 0.271 e. The predicted molar refractivity (Wildman–Crippen MR) is 106 cm³/mol. The van der Waals surface area contributed by atoms with E-state index in [4.69, 9.17) is 4.74 Å². The fourth-order valence-corrected chi connectivity index (χ4v) is 2.32. The van der Waals surface area contributed by atoms with E-state index in [1.54, 1.807) is 50.4 Å². The lowest BCUT2D eigenvalue weighted by molar-refractivity contribution is -0.115. The summed E-state index contributed by atoms with van der Waals surface area (Å²) in [5.74, 6) is 0.190. The van der Waals surface area contributed by atoms with Gasteiger partial charge in [0.25, 0.3) is 5.91 Å². The predicted octanol–water partition coefficient (Wildman–Crippen LogP) is 3.43. The number of carbonyl (C=O) groups is 2. The number of nitrogens with one attached hydrogen (secondary N) is 2. The number of carbonyl (C=O) groups excluding carboxylic acids is 2. The Kier molecular flexibility index (Phi) is 6.93. The number of methoxy groups -OCH3 is 1. The Balaban J connectivity index is 1.85. The van der Waals surface area contributed by atoms with Gasteiger partial charge in [-0.15, -0.1) is 0 Å². The van der Waals surface area contributed by atoms with Crippen molar-refractivity contribution in [1.82, 2.24) is 5.43 Å². The van der Waals surface area contributed by atoms with Crippen LogP contribution in [0.2, 0.25) is 0 Å². The highest BCUT2D eigenvalue weighted by atomic mass is 127. The molecule has 0 spiro atoms. The second-order valence-corrected chi connectivity index (χ2v) is 6.49. The second-order valence-electron chi connectivity index (χ2n) is 5.25. The molecule has 2 amide bonds. The van der Waals surface area contributed by atoms with Gasteiger partial charge in [-0.3, -0.25) is 9.59 Å². The van der Waals surface area contributed by atoms with Gasteiger partial charge < -0.3 is 10.1 Å². The van der Waals surface area contributed by atoms with Crippen LogP contribution in [0.4, 0.5) is 5.69 Å². The molecule has 6 nitrogen and oxygen atoms in total. The topological polar surface area (TPSA) is 79.8 Å².